The molecule has 2 aliphatic heterocycles. The molecule has 6 rings (SSSR count). The molecule has 0 spiro atoms. The van der Waals surface area contributed by atoms with Gasteiger partial charge in [-0.1, -0.05) is 32.9 Å². The molecule has 3 fully saturated rings. The van der Waals surface area contributed by atoms with Crippen LogP contribution in [0.4, 0.5) is 16.3 Å². The minimum absolute atomic E-state index is 0.0447. The second-order valence-electron chi connectivity index (χ2n) is 13.7. The molecule has 2 aromatic heterocycles. The summed E-state index contributed by atoms with van der Waals surface area (Å²) in [7, 11) is 0. The van der Waals surface area contributed by atoms with Crippen molar-refractivity contribution in [3.05, 3.63) is 42.5 Å². The van der Waals surface area contributed by atoms with Crippen LogP contribution in [-0.2, 0) is 10.2 Å². The Morgan fingerprint density at radius 1 is 1.09 bits per heavy atom. The zero-order valence-electron chi connectivity index (χ0n) is 25.6. The summed E-state index contributed by atoms with van der Waals surface area (Å²) in [4.78, 5) is 29.9. The molecule has 2 saturated heterocycles. The summed E-state index contributed by atoms with van der Waals surface area (Å²) < 4.78 is 7.87. The number of nitrogen functional groups attached to an aromatic ring is 1. The fraction of sp³-hybridized carbons (Fsp3) is 0.613. The van der Waals surface area contributed by atoms with Crippen molar-refractivity contribution < 1.29 is 19.7 Å². The third-order valence-corrected chi connectivity index (χ3v) is 9.54. The molecule has 1 aromatic carbocycles. The molecule has 1 saturated carbocycles. The number of rotatable bonds is 6. The van der Waals surface area contributed by atoms with Gasteiger partial charge in [0.2, 0.25) is 0 Å². The Kier molecular flexibility index (Phi) is 7.82. The molecule has 232 valence electrons. The number of carbonyl (C=O) groups is 1. The van der Waals surface area contributed by atoms with Crippen molar-refractivity contribution in [1.29, 1.82) is 0 Å². The summed E-state index contributed by atoms with van der Waals surface area (Å²) in [5.74, 6) is 1.10. The molecule has 3 aromatic rings. The molecular weight excluding hydrogens is 548 g/mol. The number of aliphatic hydroxyl groups is 2. The van der Waals surface area contributed by atoms with E-state index in [4.69, 9.17) is 10.5 Å². The van der Waals surface area contributed by atoms with Crippen molar-refractivity contribution in [3.63, 3.8) is 0 Å². The number of amides is 2. The molecule has 2 amide bonds. The average Bonchev–Trinajstić information content (AvgIpc) is 3.71. The Labute approximate surface area is 252 Å². The lowest BCUT2D eigenvalue weighted by atomic mass is 9.87. The summed E-state index contributed by atoms with van der Waals surface area (Å²) in [6.45, 7) is 12.8. The van der Waals surface area contributed by atoms with Gasteiger partial charge in [-0.25, -0.2) is 19.7 Å². The van der Waals surface area contributed by atoms with Crippen molar-refractivity contribution in [2.45, 2.75) is 89.5 Å². The largest absolute Gasteiger partial charge is 0.387 e. The van der Waals surface area contributed by atoms with E-state index in [0.717, 1.165) is 31.6 Å². The number of hydrogen-bond donors (Lipinski definition) is 4. The number of urea groups is 1. The number of nitrogens with one attached hydrogen (secondary N) is 1. The van der Waals surface area contributed by atoms with E-state index >= 15 is 0 Å². The Morgan fingerprint density at radius 3 is 2.40 bits per heavy atom. The molecule has 43 heavy (non-hydrogen) atoms. The third kappa shape index (κ3) is 5.68. The molecule has 12 nitrogen and oxygen atoms in total. The highest BCUT2D eigenvalue weighted by atomic mass is 16.6. The highest BCUT2D eigenvalue weighted by molar-refractivity contribution is 5.89. The van der Waals surface area contributed by atoms with Crippen LogP contribution in [0.2, 0.25) is 0 Å². The molecule has 0 bridgehead atoms. The van der Waals surface area contributed by atoms with Crippen molar-refractivity contribution in [3.8, 4) is 0 Å². The second-order valence-corrected chi connectivity index (χ2v) is 13.7. The Hall–Kier alpha value is -3.32. The lowest BCUT2D eigenvalue weighted by molar-refractivity contribution is -0.0520. The van der Waals surface area contributed by atoms with Gasteiger partial charge in [0.15, 0.2) is 17.7 Å². The number of benzene rings is 1. The Balaban J connectivity index is 1.06. The van der Waals surface area contributed by atoms with E-state index in [1.165, 1.54) is 18.2 Å². The van der Waals surface area contributed by atoms with Gasteiger partial charge in [0.05, 0.1) is 6.33 Å². The highest BCUT2D eigenvalue weighted by Gasteiger charge is 2.48. The Bertz CT molecular complexity index is 1440. The summed E-state index contributed by atoms with van der Waals surface area (Å²) in [5, 5.41) is 25.0. The van der Waals surface area contributed by atoms with Gasteiger partial charge < -0.3 is 30.9 Å². The molecule has 6 atom stereocenters. The van der Waals surface area contributed by atoms with E-state index in [1.54, 1.807) is 4.57 Å². The van der Waals surface area contributed by atoms with Crippen LogP contribution in [0, 0.1) is 11.8 Å². The van der Waals surface area contributed by atoms with Gasteiger partial charge in [-0.15, -0.1) is 0 Å². The van der Waals surface area contributed by atoms with Crippen LogP contribution < -0.4 is 11.1 Å². The van der Waals surface area contributed by atoms with Crippen LogP contribution in [0.3, 0.4) is 0 Å². The van der Waals surface area contributed by atoms with Gasteiger partial charge in [-0.2, -0.15) is 0 Å². The Morgan fingerprint density at radius 2 is 1.77 bits per heavy atom. The number of imidazole rings is 1. The number of likely N-dealkylation sites (tertiary alicyclic amines) is 1. The fourth-order valence-electron chi connectivity index (χ4n) is 7.12. The SMILES string of the molecule is CC(C)N(C[C@H]1O[C@@H](n2cnc3c(N)ncnc32)[C@H](O)[C@@H]1O)C1CC2CN(C(=O)Nc3ccc(C(C)(C)C)cc3)CC2C1. The molecule has 5 N–H and O–H groups in total. The molecular formula is C31H44N8O4. The number of nitrogens with zero attached hydrogens (tertiary/aromatic N) is 6. The maximum Gasteiger partial charge on any atom is 0.321 e. The van der Waals surface area contributed by atoms with Gasteiger partial charge in [-0.3, -0.25) is 9.47 Å². The van der Waals surface area contributed by atoms with Crippen molar-refractivity contribution in [2.24, 2.45) is 11.8 Å². The van der Waals surface area contributed by atoms with E-state index in [2.05, 4.69) is 71.9 Å². The van der Waals surface area contributed by atoms with E-state index in [9.17, 15) is 15.0 Å². The predicted molar refractivity (Wildman–Crippen MR) is 163 cm³/mol. The smallest absolute Gasteiger partial charge is 0.321 e. The molecule has 3 aliphatic rings. The van der Waals surface area contributed by atoms with Gasteiger partial charge in [0.1, 0.15) is 30.2 Å². The lowest BCUT2D eigenvalue weighted by Crippen LogP contribution is -2.47. The summed E-state index contributed by atoms with van der Waals surface area (Å²) in [5.41, 5.74) is 8.92. The first kappa shape index (κ1) is 29.7. The molecule has 4 heterocycles. The van der Waals surface area contributed by atoms with Crippen molar-refractivity contribution in [1.82, 2.24) is 29.3 Å². The zero-order valence-corrected chi connectivity index (χ0v) is 25.6. The van der Waals surface area contributed by atoms with Gasteiger partial charge in [0.25, 0.3) is 0 Å². The van der Waals surface area contributed by atoms with Gasteiger partial charge >= 0.3 is 6.03 Å². The number of carbonyl (C=O) groups excluding carboxylic acids is 1. The van der Waals surface area contributed by atoms with E-state index < -0.39 is 24.5 Å². The van der Waals surface area contributed by atoms with Gasteiger partial charge in [-0.05, 0) is 61.6 Å². The predicted octanol–water partition coefficient (Wildman–Crippen LogP) is 2.98. The standard InChI is InChI=1S/C31H44N8O4/c1-17(2)38(14-23-25(40)26(41)29(43-23)39-16-35-24-27(32)33-15-34-28(24)39)22-10-18-12-37(13-19(18)11-22)30(42)36-21-8-6-20(7-9-21)31(3,4)5/h6-9,15-19,22-23,25-26,29,40-41H,10-14H2,1-5H3,(H,36,42)(H2,32,33,34)/t18?,19?,22?,23-,25-,26-,29-/m1/s1. The van der Waals surface area contributed by atoms with Crippen LogP contribution in [-0.4, -0.2) is 95.6 Å². The van der Waals surface area contributed by atoms with Crippen LogP contribution in [0.5, 0.6) is 0 Å². The number of hydrogen-bond acceptors (Lipinski definition) is 9. The van der Waals surface area contributed by atoms with Crippen LogP contribution >= 0.6 is 0 Å². The normalized spacial score (nSPS) is 29.2. The number of ether oxygens (including phenoxy) is 1. The number of aliphatic hydroxyl groups excluding tert-OH is 2. The van der Waals surface area contributed by atoms with Gasteiger partial charge in [0, 0.05) is 37.4 Å². The molecule has 2 unspecified atom stereocenters. The van der Waals surface area contributed by atoms with Crippen molar-refractivity contribution in [2.75, 3.05) is 30.7 Å². The topological polar surface area (TPSA) is 155 Å². The number of nitrogens with two attached hydrogens (primary N) is 1. The van der Waals surface area contributed by atoms with Crippen LogP contribution in [0.15, 0.2) is 36.9 Å². The third-order valence-electron chi connectivity index (χ3n) is 9.54. The summed E-state index contributed by atoms with van der Waals surface area (Å²) in [6.07, 6.45) is 1.16. The van der Waals surface area contributed by atoms with Crippen LogP contribution in [0.1, 0.15) is 59.3 Å². The molecule has 1 aliphatic carbocycles. The first-order valence-corrected chi connectivity index (χ1v) is 15.3. The zero-order chi connectivity index (χ0) is 30.6. The molecule has 0 radical (unpaired) electrons. The van der Waals surface area contributed by atoms with E-state index in [1.807, 2.05) is 17.0 Å². The average molecular weight is 593 g/mol. The summed E-state index contributed by atoms with van der Waals surface area (Å²) >= 11 is 0. The molecule has 12 heteroatoms. The fourth-order valence-corrected chi connectivity index (χ4v) is 7.12. The first-order valence-electron chi connectivity index (χ1n) is 15.3. The van der Waals surface area contributed by atoms with E-state index in [-0.39, 0.29) is 23.3 Å². The maximum absolute atomic E-state index is 13.1. The maximum atomic E-state index is 13.1. The number of anilines is 2. The number of aromatic nitrogens is 4. The second kappa shape index (κ2) is 11.3. The van der Waals surface area contributed by atoms with E-state index in [0.29, 0.717) is 35.6 Å². The lowest BCUT2D eigenvalue weighted by Gasteiger charge is -2.36. The van der Waals surface area contributed by atoms with Crippen LogP contribution in [0.25, 0.3) is 11.2 Å². The quantitative estimate of drug-likeness (QED) is 0.338. The van der Waals surface area contributed by atoms with Crippen molar-refractivity contribution >= 4 is 28.7 Å². The summed E-state index contributed by atoms with van der Waals surface area (Å²) in [6, 6.07) is 8.58. The minimum atomic E-state index is -1.15. The highest BCUT2D eigenvalue weighted by Crippen LogP contribution is 2.42. The first-order chi connectivity index (χ1) is 20.4. The monoisotopic (exact) mass is 592 g/mol. The number of fused-ring (bicyclic) bond motifs is 2. The minimum Gasteiger partial charge on any atom is -0.387 e.